The van der Waals surface area contributed by atoms with E-state index in [0.29, 0.717) is 17.1 Å². The summed E-state index contributed by atoms with van der Waals surface area (Å²) in [6, 6.07) is 14.4. The molecule has 1 heterocycles. The molecule has 0 saturated carbocycles. The number of rotatable bonds is 6. The van der Waals surface area contributed by atoms with Gasteiger partial charge < -0.3 is 20.9 Å². The van der Waals surface area contributed by atoms with E-state index < -0.39 is 5.91 Å². The van der Waals surface area contributed by atoms with E-state index in [0.717, 1.165) is 18.8 Å². The molecule has 0 spiro atoms. The van der Waals surface area contributed by atoms with Crippen LogP contribution in [0.5, 0.6) is 0 Å². The third kappa shape index (κ3) is 6.34. The summed E-state index contributed by atoms with van der Waals surface area (Å²) in [7, 11) is 0. The van der Waals surface area contributed by atoms with E-state index in [4.69, 9.17) is 0 Å². The Kier molecular flexibility index (Phi) is 6.84. The van der Waals surface area contributed by atoms with Gasteiger partial charge >= 0.3 is 0 Å². The third-order valence-electron chi connectivity index (χ3n) is 4.68. The topological polar surface area (TPSA) is 90.5 Å². The summed E-state index contributed by atoms with van der Waals surface area (Å²) in [6.45, 7) is 3.56. The minimum absolute atomic E-state index is 0.164. The molecule has 0 atom stereocenters. The average Bonchev–Trinajstić information content (AvgIpc) is 2.70. The van der Waals surface area contributed by atoms with Gasteiger partial charge in [-0.25, -0.2) is 0 Å². The Labute approximate surface area is 170 Å². The largest absolute Gasteiger partial charge is 0.372 e. The Morgan fingerprint density at radius 3 is 1.66 bits per heavy atom. The van der Waals surface area contributed by atoms with Gasteiger partial charge in [-0.1, -0.05) is 0 Å². The second-order valence-corrected chi connectivity index (χ2v) is 7.13. The zero-order valence-electron chi connectivity index (χ0n) is 16.5. The van der Waals surface area contributed by atoms with Crippen LogP contribution in [0.2, 0.25) is 0 Å². The van der Waals surface area contributed by atoms with E-state index in [2.05, 4.69) is 20.9 Å². The average molecular weight is 394 g/mol. The van der Waals surface area contributed by atoms with E-state index in [9.17, 15) is 14.4 Å². The summed E-state index contributed by atoms with van der Waals surface area (Å²) in [4.78, 5) is 37.6. The van der Waals surface area contributed by atoms with Crippen molar-refractivity contribution in [2.24, 2.45) is 0 Å². The smallest absolute Gasteiger partial charge is 0.233 e. The summed E-state index contributed by atoms with van der Waals surface area (Å²) < 4.78 is 0. The van der Waals surface area contributed by atoms with E-state index in [1.807, 2.05) is 24.3 Å². The monoisotopic (exact) mass is 394 g/mol. The zero-order chi connectivity index (χ0) is 20.6. The standard InChI is InChI=1S/C22H26N4O3/c1-16(27)23-17-5-7-18(8-6-17)24-21(28)15-22(29)25-19-9-11-20(12-10-19)26-13-3-2-4-14-26/h5-12H,2-4,13-15H2,1H3,(H,23,27)(H,24,28)(H,25,29). The fraction of sp³-hybridized carbons (Fsp3) is 0.318. The van der Waals surface area contributed by atoms with Crippen LogP contribution in [0.1, 0.15) is 32.6 Å². The minimum atomic E-state index is -0.403. The summed E-state index contributed by atoms with van der Waals surface area (Å²) >= 11 is 0. The highest BCUT2D eigenvalue weighted by Crippen LogP contribution is 2.22. The number of carbonyl (C=O) groups is 3. The quantitative estimate of drug-likeness (QED) is 0.653. The van der Waals surface area contributed by atoms with E-state index >= 15 is 0 Å². The van der Waals surface area contributed by atoms with Gasteiger partial charge in [-0.2, -0.15) is 0 Å². The van der Waals surface area contributed by atoms with Gasteiger partial charge in [0.15, 0.2) is 0 Å². The Bertz CT molecular complexity index is 857. The van der Waals surface area contributed by atoms with E-state index in [1.165, 1.54) is 26.2 Å². The molecule has 3 N–H and O–H groups in total. The molecule has 0 bridgehead atoms. The van der Waals surface area contributed by atoms with Crippen molar-refractivity contribution < 1.29 is 14.4 Å². The summed E-state index contributed by atoms with van der Waals surface area (Å²) in [5.74, 6) is -0.940. The SMILES string of the molecule is CC(=O)Nc1ccc(NC(=O)CC(=O)Nc2ccc(N3CCCCC3)cc2)cc1. The normalized spacial score (nSPS) is 13.5. The Hall–Kier alpha value is -3.35. The first-order valence-corrected chi connectivity index (χ1v) is 9.82. The molecule has 1 fully saturated rings. The highest BCUT2D eigenvalue weighted by Gasteiger charge is 2.12. The van der Waals surface area contributed by atoms with Crippen LogP contribution in [0.3, 0.4) is 0 Å². The first-order chi connectivity index (χ1) is 14.0. The zero-order valence-corrected chi connectivity index (χ0v) is 16.5. The fourth-order valence-electron chi connectivity index (χ4n) is 3.30. The number of hydrogen-bond acceptors (Lipinski definition) is 4. The first-order valence-electron chi connectivity index (χ1n) is 9.82. The number of carbonyl (C=O) groups excluding carboxylic acids is 3. The Balaban J connectivity index is 1.47. The molecule has 2 aromatic carbocycles. The molecule has 1 saturated heterocycles. The molecule has 3 amide bonds. The predicted octanol–water partition coefficient (Wildman–Crippen LogP) is 3.60. The first kappa shape index (κ1) is 20.4. The molecule has 1 aliphatic heterocycles. The molecular weight excluding hydrogens is 368 g/mol. The fourth-order valence-corrected chi connectivity index (χ4v) is 3.30. The second kappa shape index (κ2) is 9.73. The molecule has 3 rings (SSSR count). The molecular formula is C22H26N4O3. The highest BCUT2D eigenvalue weighted by molar-refractivity contribution is 6.08. The molecule has 7 heteroatoms. The van der Waals surface area contributed by atoms with E-state index in [-0.39, 0.29) is 18.2 Å². The minimum Gasteiger partial charge on any atom is -0.372 e. The van der Waals surface area contributed by atoms with Crippen LogP contribution in [0, 0.1) is 0 Å². The van der Waals surface area contributed by atoms with Crippen molar-refractivity contribution in [3.05, 3.63) is 48.5 Å². The maximum absolute atomic E-state index is 12.1. The molecule has 0 unspecified atom stereocenters. The molecule has 29 heavy (non-hydrogen) atoms. The number of hydrogen-bond donors (Lipinski definition) is 3. The van der Waals surface area contributed by atoms with Gasteiger partial charge in [0.05, 0.1) is 0 Å². The van der Waals surface area contributed by atoms with Crippen molar-refractivity contribution in [1.82, 2.24) is 0 Å². The molecule has 152 valence electrons. The second-order valence-electron chi connectivity index (χ2n) is 7.13. The van der Waals surface area contributed by atoms with Gasteiger partial charge in [0.1, 0.15) is 6.42 Å². The van der Waals surface area contributed by atoms with Crippen molar-refractivity contribution in [3.63, 3.8) is 0 Å². The van der Waals surface area contributed by atoms with Crippen LogP contribution in [0.4, 0.5) is 22.7 Å². The van der Waals surface area contributed by atoms with Gasteiger partial charge in [0.25, 0.3) is 0 Å². The number of benzene rings is 2. The lowest BCUT2D eigenvalue weighted by molar-refractivity contribution is -0.123. The lowest BCUT2D eigenvalue weighted by Crippen LogP contribution is -2.29. The number of anilines is 4. The summed E-state index contributed by atoms with van der Waals surface area (Å²) in [5.41, 5.74) is 3.02. The van der Waals surface area contributed by atoms with E-state index in [1.54, 1.807) is 24.3 Å². The predicted molar refractivity (Wildman–Crippen MR) is 115 cm³/mol. The van der Waals surface area contributed by atoms with Gasteiger partial charge in [-0.15, -0.1) is 0 Å². The van der Waals surface area contributed by atoms with Crippen molar-refractivity contribution in [2.45, 2.75) is 32.6 Å². The van der Waals surface area contributed by atoms with Gasteiger partial charge in [-0.3, -0.25) is 14.4 Å². The van der Waals surface area contributed by atoms with Crippen LogP contribution in [-0.4, -0.2) is 30.8 Å². The Morgan fingerprint density at radius 2 is 1.17 bits per heavy atom. The summed E-state index contributed by atoms with van der Waals surface area (Å²) in [6.07, 6.45) is 3.43. The van der Waals surface area contributed by atoms with Crippen LogP contribution in [0.15, 0.2) is 48.5 Å². The molecule has 0 aromatic heterocycles. The van der Waals surface area contributed by atoms with Crippen LogP contribution >= 0.6 is 0 Å². The number of nitrogens with one attached hydrogen (secondary N) is 3. The van der Waals surface area contributed by atoms with Gasteiger partial charge in [-0.05, 0) is 67.8 Å². The highest BCUT2D eigenvalue weighted by atomic mass is 16.2. The molecule has 0 radical (unpaired) electrons. The molecule has 0 aliphatic carbocycles. The third-order valence-corrected chi connectivity index (χ3v) is 4.68. The van der Waals surface area contributed by atoms with Crippen molar-refractivity contribution in [3.8, 4) is 0 Å². The maximum atomic E-state index is 12.1. The molecule has 1 aliphatic rings. The number of amides is 3. The maximum Gasteiger partial charge on any atom is 0.233 e. The number of piperidine rings is 1. The molecule has 2 aromatic rings. The summed E-state index contributed by atoms with van der Waals surface area (Å²) in [5, 5.41) is 8.08. The molecule has 7 nitrogen and oxygen atoms in total. The Morgan fingerprint density at radius 1 is 0.724 bits per heavy atom. The van der Waals surface area contributed by atoms with Gasteiger partial charge in [0.2, 0.25) is 17.7 Å². The number of nitrogens with zero attached hydrogens (tertiary/aromatic N) is 1. The van der Waals surface area contributed by atoms with Crippen LogP contribution in [-0.2, 0) is 14.4 Å². The lowest BCUT2D eigenvalue weighted by Gasteiger charge is -2.28. The van der Waals surface area contributed by atoms with Crippen molar-refractivity contribution in [2.75, 3.05) is 33.9 Å². The van der Waals surface area contributed by atoms with Crippen molar-refractivity contribution >= 4 is 40.5 Å². The lowest BCUT2D eigenvalue weighted by atomic mass is 10.1. The van der Waals surface area contributed by atoms with Gasteiger partial charge in [0, 0.05) is 42.8 Å². The van der Waals surface area contributed by atoms with Crippen LogP contribution < -0.4 is 20.9 Å². The van der Waals surface area contributed by atoms with Crippen molar-refractivity contribution in [1.29, 1.82) is 0 Å². The van der Waals surface area contributed by atoms with Crippen LogP contribution in [0.25, 0.3) is 0 Å².